The first-order valence-electron chi connectivity index (χ1n) is 8.64. The van der Waals surface area contributed by atoms with Crippen LogP contribution < -0.4 is 4.72 Å². The van der Waals surface area contributed by atoms with Gasteiger partial charge in [0.05, 0.1) is 11.4 Å². The van der Waals surface area contributed by atoms with E-state index in [1.54, 1.807) is 24.3 Å². The Morgan fingerprint density at radius 3 is 2.19 bits per heavy atom. The first-order valence-corrected chi connectivity index (χ1v) is 10.1. The molecule has 4 heteroatoms. The van der Waals surface area contributed by atoms with E-state index in [9.17, 15) is 8.42 Å². The van der Waals surface area contributed by atoms with Crippen molar-refractivity contribution in [2.24, 2.45) is 0 Å². The molecule has 2 aromatic rings. The Morgan fingerprint density at radius 2 is 1.50 bits per heavy atom. The predicted octanol–water partition coefficient (Wildman–Crippen LogP) is 3.89. The molecule has 3 nitrogen and oxygen atoms in total. The summed E-state index contributed by atoms with van der Waals surface area (Å²) in [6.45, 7) is 2.05. The number of aryl methyl sites for hydroxylation is 1. The molecule has 0 unspecified atom stereocenters. The maximum absolute atomic E-state index is 12.1. The van der Waals surface area contributed by atoms with E-state index in [2.05, 4.69) is 28.4 Å². The van der Waals surface area contributed by atoms with E-state index in [4.69, 9.17) is 0 Å². The molecular weight excluding hydrogens is 342 g/mol. The minimum absolute atomic E-state index is 0.129. The minimum Gasteiger partial charge on any atom is -0.207 e. The molecule has 1 N–H and O–H groups in total. The van der Waals surface area contributed by atoms with Gasteiger partial charge in [0.2, 0.25) is 10.0 Å². The summed E-state index contributed by atoms with van der Waals surface area (Å²) < 4.78 is 26.6. The van der Waals surface area contributed by atoms with Crippen LogP contribution in [-0.4, -0.2) is 15.0 Å². The topological polar surface area (TPSA) is 46.2 Å². The monoisotopic (exact) mass is 365 g/mol. The van der Waals surface area contributed by atoms with E-state index >= 15 is 0 Å². The third-order valence-electron chi connectivity index (χ3n) is 3.67. The van der Waals surface area contributed by atoms with Crippen molar-refractivity contribution < 1.29 is 8.42 Å². The van der Waals surface area contributed by atoms with Crippen molar-refractivity contribution in [1.82, 2.24) is 4.72 Å². The first kappa shape index (κ1) is 19.8. The highest BCUT2D eigenvalue weighted by atomic mass is 32.2. The predicted molar refractivity (Wildman–Crippen MR) is 106 cm³/mol. The Balaban J connectivity index is 1.63. The molecule has 0 aliphatic carbocycles. The number of hydrogen-bond acceptors (Lipinski definition) is 2. The van der Waals surface area contributed by atoms with Crippen molar-refractivity contribution >= 4 is 10.0 Å². The maximum atomic E-state index is 12.1. The second-order valence-corrected chi connectivity index (χ2v) is 7.63. The summed E-state index contributed by atoms with van der Waals surface area (Å²) >= 11 is 0. The average molecular weight is 365 g/mol. The van der Waals surface area contributed by atoms with E-state index < -0.39 is 10.0 Å². The highest BCUT2D eigenvalue weighted by Crippen LogP contribution is 2.09. The molecule has 0 heterocycles. The van der Waals surface area contributed by atoms with Gasteiger partial charge < -0.3 is 0 Å². The lowest BCUT2D eigenvalue weighted by molar-refractivity contribution is 0.586. The molecule has 134 valence electrons. The first-order chi connectivity index (χ1) is 12.6. The van der Waals surface area contributed by atoms with Crippen molar-refractivity contribution in [1.29, 1.82) is 0 Å². The Hall–Kier alpha value is -2.53. The van der Waals surface area contributed by atoms with E-state index in [-0.39, 0.29) is 11.4 Å². The second kappa shape index (κ2) is 10.5. The molecule has 2 aromatic carbocycles. The fourth-order valence-electron chi connectivity index (χ4n) is 2.20. The largest absolute Gasteiger partial charge is 0.241 e. The zero-order chi connectivity index (χ0) is 18.7. The van der Waals surface area contributed by atoms with Crippen LogP contribution in [0.15, 0.2) is 59.5 Å². The van der Waals surface area contributed by atoms with Gasteiger partial charge in [-0.05, 0) is 44.0 Å². The number of rotatable bonds is 6. The summed E-state index contributed by atoms with van der Waals surface area (Å²) in [7, 11) is -3.48. The zero-order valence-electron chi connectivity index (χ0n) is 15.0. The van der Waals surface area contributed by atoms with Crippen LogP contribution in [0.3, 0.4) is 0 Å². The smallest absolute Gasteiger partial charge is 0.207 e. The molecule has 0 fully saturated rings. The Morgan fingerprint density at radius 1 is 0.846 bits per heavy atom. The fraction of sp³-hybridized carbons (Fsp3) is 0.273. The van der Waals surface area contributed by atoms with E-state index in [1.165, 1.54) is 0 Å². The van der Waals surface area contributed by atoms with Crippen molar-refractivity contribution in [2.75, 3.05) is 6.54 Å². The SMILES string of the molecule is Cc1ccc(S(=O)(=O)NCC#CCCCCC#Cc2ccccc2)cc1. The molecule has 0 spiro atoms. The lowest BCUT2D eigenvalue weighted by Crippen LogP contribution is -2.23. The van der Waals surface area contributed by atoms with Crippen LogP contribution in [0.4, 0.5) is 0 Å². The quantitative estimate of drug-likeness (QED) is 0.624. The highest BCUT2D eigenvalue weighted by Gasteiger charge is 2.11. The van der Waals surface area contributed by atoms with Gasteiger partial charge in [-0.15, -0.1) is 5.92 Å². The van der Waals surface area contributed by atoms with E-state index in [1.807, 2.05) is 37.3 Å². The Bertz CT molecular complexity index is 909. The third-order valence-corrected chi connectivity index (χ3v) is 5.08. The van der Waals surface area contributed by atoms with Crippen LogP contribution in [-0.2, 0) is 10.0 Å². The molecule has 0 amide bonds. The molecule has 0 aliphatic rings. The summed E-state index contributed by atoms with van der Waals surface area (Å²) in [5.41, 5.74) is 2.06. The van der Waals surface area contributed by atoms with Gasteiger partial charge in [-0.1, -0.05) is 53.7 Å². The molecule has 0 aliphatic heterocycles. The normalized spacial score (nSPS) is 10.3. The zero-order valence-corrected chi connectivity index (χ0v) is 15.8. The third kappa shape index (κ3) is 7.15. The van der Waals surface area contributed by atoms with Gasteiger partial charge in [-0.3, -0.25) is 0 Å². The van der Waals surface area contributed by atoms with Gasteiger partial charge in [0.15, 0.2) is 0 Å². The van der Waals surface area contributed by atoms with Crippen LogP contribution >= 0.6 is 0 Å². The van der Waals surface area contributed by atoms with E-state index in [0.717, 1.165) is 36.8 Å². The van der Waals surface area contributed by atoms with Crippen molar-refractivity contribution in [2.45, 2.75) is 37.5 Å². The van der Waals surface area contributed by atoms with Crippen LogP contribution in [0, 0.1) is 30.6 Å². The summed E-state index contributed by atoms with van der Waals surface area (Å²) in [4.78, 5) is 0.266. The second-order valence-electron chi connectivity index (χ2n) is 5.87. The van der Waals surface area contributed by atoms with Crippen LogP contribution in [0.2, 0.25) is 0 Å². The fourth-order valence-corrected chi connectivity index (χ4v) is 3.12. The Kier molecular flexibility index (Phi) is 7.96. The molecule has 0 saturated heterocycles. The van der Waals surface area contributed by atoms with Crippen molar-refractivity contribution in [3.8, 4) is 23.7 Å². The summed E-state index contributed by atoms with van der Waals surface area (Å²) in [6.07, 6.45) is 3.54. The summed E-state index contributed by atoms with van der Waals surface area (Å²) in [5.74, 6) is 12.1. The van der Waals surface area contributed by atoms with Crippen LogP contribution in [0.25, 0.3) is 0 Å². The molecule has 0 aromatic heterocycles. The average Bonchev–Trinajstić information content (AvgIpc) is 2.64. The molecule has 2 rings (SSSR count). The number of sulfonamides is 1. The van der Waals surface area contributed by atoms with Crippen molar-refractivity contribution in [3.05, 3.63) is 65.7 Å². The van der Waals surface area contributed by atoms with Gasteiger partial charge in [-0.2, -0.15) is 4.72 Å². The lowest BCUT2D eigenvalue weighted by Gasteiger charge is -2.03. The molecular formula is C22H23NO2S. The van der Waals surface area contributed by atoms with Gasteiger partial charge in [-0.25, -0.2) is 8.42 Å². The molecule has 26 heavy (non-hydrogen) atoms. The molecule has 0 saturated carbocycles. The van der Waals surface area contributed by atoms with Gasteiger partial charge >= 0.3 is 0 Å². The van der Waals surface area contributed by atoms with Gasteiger partial charge in [0, 0.05) is 18.4 Å². The Labute approximate surface area is 156 Å². The van der Waals surface area contributed by atoms with Gasteiger partial charge in [0.1, 0.15) is 0 Å². The van der Waals surface area contributed by atoms with E-state index in [0.29, 0.717) is 0 Å². The molecule has 0 atom stereocenters. The standard InChI is InChI=1S/C22H23NO2S/c1-20-15-17-22(18-16-20)26(24,25)23-19-11-6-4-2-3-5-8-12-21-13-9-7-10-14-21/h7,9-10,13-18,23H,2-5,19H2,1H3. The van der Waals surface area contributed by atoms with Crippen LogP contribution in [0.1, 0.15) is 36.8 Å². The van der Waals surface area contributed by atoms with Crippen LogP contribution in [0.5, 0.6) is 0 Å². The maximum Gasteiger partial charge on any atom is 0.241 e. The summed E-state index contributed by atoms with van der Waals surface area (Å²) in [6, 6.07) is 16.7. The number of unbranched alkanes of at least 4 members (excludes halogenated alkanes) is 3. The van der Waals surface area contributed by atoms with Crippen molar-refractivity contribution in [3.63, 3.8) is 0 Å². The molecule has 0 bridgehead atoms. The summed E-state index contributed by atoms with van der Waals surface area (Å²) in [5, 5.41) is 0. The van der Waals surface area contributed by atoms with Gasteiger partial charge in [0.25, 0.3) is 0 Å². The highest BCUT2D eigenvalue weighted by molar-refractivity contribution is 7.89. The lowest BCUT2D eigenvalue weighted by atomic mass is 10.2. The number of nitrogens with one attached hydrogen (secondary N) is 1. The number of hydrogen-bond donors (Lipinski definition) is 1. The molecule has 0 radical (unpaired) electrons. The number of benzene rings is 2. The minimum atomic E-state index is -3.48.